The fraction of sp³-hybridized carbons (Fsp3) is 0.526. The maximum atomic E-state index is 12.8. The van der Waals surface area contributed by atoms with Crippen molar-refractivity contribution in [3.8, 4) is 0 Å². The van der Waals surface area contributed by atoms with Crippen molar-refractivity contribution in [1.82, 2.24) is 9.80 Å². The molecule has 0 radical (unpaired) electrons. The lowest BCUT2D eigenvalue weighted by atomic mass is 9.94. The van der Waals surface area contributed by atoms with Gasteiger partial charge in [0.1, 0.15) is 0 Å². The standard InChI is InChI=1S/C19H24ClN3O3/c1-21(2)18(25)13-7-9-22(10-8-13)19(26)14-11-17(24)23(12-14)16-5-3-15(20)4-6-16/h3-6,13-14H,7-12H2,1-2H3/t14-/m0/s1. The van der Waals surface area contributed by atoms with Gasteiger partial charge in [0.15, 0.2) is 0 Å². The van der Waals surface area contributed by atoms with Gasteiger partial charge in [-0.15, -0.1) is 0 Å². The summed E-state index contributed by atoms with van der Waals surface area (Å²) in [5.41, 5.74) is 0.769. The molecule has 0 unspecified atom stereocenters. The van der Waals surface area contributed by atoms with Crippen molar-refractivity contribution in [2.45, 2.75) is 19.3 Å². The zero-order valence-corrected chi connectivity index (χ0v) is 15.9. The fourth-order valence-corrected chi connectivity index (χ4v) is 3.84. The Morgan fingerprint density at radius 1 is 1.08 bits per heavy atom. The number of piperidine rings is 1. The summed E-state index contributed by atoms with van der Waals surface area (Å²) in [6, 6.07) is 7.08. The van der Waals surface area contributed by atoms with E-state index in [4.69, 9.17) is 11.6 Å². The molecule has 0 aliphatic carbocycles. The monoisotopic (exact) mass is 377 g/mol. The molecule has 1 atom stereocenters. The first-order valence-corrected chi connectivity index (χ1v) is 9.30. The van der Waals surface area contributed by atoms with Crippen LogP contribution in [0.3, 0.4) is 0 Å². The largest absolute Gasteiger partial charge is 0.349 e. The van der Waals surface area contributed by atoms with Crippen LogP contribution in [-0.2, 0) is 14.4 Å². The zero-order valence-electron chi connectivity index (χ0n) is 15.2. The summed E-state index contributed by atoms with van der Waals surface area (Å²) in [6.07, 6.45) is 1.60. The van der Waals surface area contributed by atoms with Crippen molar-refractivity contribution in [3.05, 3.63) is 29.3 Å². The van der Waals surface area contributed by atoms with Crippen molar-refractivity contribution in [1.29, 1.82) is 0 Å². The molecule has 3 amide bonds. The second kappa shape index (κ2) is 7.66. The number of rotatable bonds is 3. The molecule has 0 saturated carbocycles. The Kier molecular flexibility index (Phi) is 5.51. The van der Waals surface area contributed by atoms with E-state index in [0.717, 1.165) is 5.69 Å². The highest BCUT2D eigenvalue weighted by atomic mass is 35.5. The van der Waals surface area contributed by atoms with Crippen LogP contribution >= 0.6 is 11.6 Å². The van der Waals surface area contributed by atoms with Gasteiger partial charge in [-0.3, -0.25) is 14.4 Å². The summed E-state index contributed by atoms with van der Waals surface area (Å²) >= 11 is 5.90. The average Bonchev–Trinajstić information content (AvgIpc) is 3.03. The maximum absolute atomic E-state index is 12.8. The van der Waals surface area contributed by atoms with E-state index in [-0.39, 0.29) is 36.0 Å². The molecular formula is C19H24ClN3O3. The van der Waals surface area contributed by atoms with E-state index in [9.17, 15) is 14.4 Å². The quantitative estimate of drug-likeness (QED) is 0.809. The van der Waals surface area contributed by atoms with Gasteiger partial charge in [-0.05, 0) is 37.1 Å². The molecule has 2 aliphatic heterocycles. The number of carbonyl (C=O) groups is 3. The van der Waals surface area contributed by atoms with Gasteiger partial charge in [-0.25, -0.2) is 0 Å². The van der Waals surface area contributed by atoms with Gasteiger partial charge in [-0.1, -0.05) is 11.6 Å². The second-order valence-corrected chi connectivity index (χ2v) is 7.65. The van der Waals surface area contributed by atoms with Crippen molar-refractivity contribution in [3.63, 3.8) is 0 Å². The molecule has 26 heavy (non-hydrogen) atoms. The molecule has 0 aromatic heterocycles. The van der Waals surface area contributed by atoms with Gasteiger partial charge in [0.2, 0.25) is 17.7 Å². The summed E-state index contributed by atoms with van der Waals surface area (Å²) in [4.78, 5) is 42.3. The lowest BCUT2D eigenvalue weighted by molar-refractivity contribution is -0.141. The number of benzene rings is 1. The molecule has 7 heteroatoms. The Labute approximate surface area is 158 Å². The van der Waals surface area contributed by atoms with E-state index in [2.05, 4.69) is 0 Å². The lowest BCUT2D eigenvalue weighted by Crippen LogP contribution is -2.45. The molecule has 2 saturated heterocycles. The number of halogens is 1. The van der Waals surface area contributed by atoms with Gasteiger partial charge in [0.05, 0.1) is 5.92 Å². The summed E-state index contributed by atoms with van der Waals surface area (Å²) in [6.45, 7) is 1.55. The number of likely N-dealkylation sites (tertiary alicyclic amines) is 1. The highest BCUT2D eigenvalue weighted by Gasteiger charge is 2.38. The van der Waals surface area contributed by atoms with E-state index in [1.807, 2.05) is 4.90 Å². The minimum absolute atomic E-state index is 0.00942. The third kappa shape index (κ3) is 3.85. The highest BCUT2D eigenvalue weighted by Crippen LogP contribution is 2.29. The van der Waals surface area contributed by atoms with Crippen LogP contribution in [0.15, 0.2) is 24.3 Å². The van der Waals surface area contributed by atoms with Crippen molar-refractivity contribution in [2.24, 2.45) is 11.8 Å². The number of anilines is 1. The van der Waals surface area contributed by atoms with Crippen LogP contribution in [0, 0.1) is 11.8 Å². The van der Waals surface area contributed by atoms with E-state index < -0.39 is 0 Å². The van der Waals surface area contributed by atoms with Gasteiger partial charge < -0.3 is 14.7 Å². The lowest BCUT2D eigenvalue weighted by Gasteiger charge is -2.33. The maximum Gasteiger partial charge on any atom is 0.228 e. The molecule has 2 heterocycles. The van der Waals surface area contributed by atoms with Crippen LogP contribution in [0.2, 0.25) is 5.02 Å². The van der Waals surface area contributed by atoms with E-state index in [0.29, 0.717) is 37.5 Å². The molecule has 1 aromatic carbocycles. The number of hydrogen-bond acceptors (Lipinski definition) is 3. The minimum Gasteiger partial charge on any atom is -0.349 e. The Bertz CT molecular complexity index is 696. The summed E-state index contributed by atoms with van der Waals surface area (Å²) in [5, 5.41) is 0.614. The zero-order chi connectivity index (χ0) is 18.8. The third-order valence-electron chi connectivity index (χ3n) is 5.21. The van der Waals surface area contributed by atoms with E-state index in [1.54, 1.807) is 48.2 Å². The van der Waals surface area contributed by atoms with Crippen LogP contribution in [-0.4, -0.2) is 61.3 Å². The average molecular weight is 378 g/mol. The van der Waals surface area contributed by atoms with Crippen molar-refractivity contribution in [2.75, 3.05) is 38.6 Å². The van der Waals surface area contributed by atoms with Gasteiger partial charge in [0.25, 0.3) is 0 Å². The van der Waals surface area contributed by atoms with Crippen molar-refractivity contribution >= 4 is 35.0 Å². The predicted octanol–water partition coefficient (Wildman–Crippen LogP) is 2.02. The van der Waals surface area contributed by atoms with Crippen molar-refractivity contribution < 1.29 is 14.4 Å². The van der Waals surface area contributed by atoms with Gasteiger partial charge >= 0.3 is 0 Å². The highest BCUT2D eigenvalue weighted by molar-refractivity contribution is 6.30. The minimum atomic E-state index is -0.320. The molecule has 2 aliphatic rings. The topological polar surface area (TPSA) is 60.9 Å². The van der Waals surface area contributed by atoms with Crippen LogP contribution in [0.4, 0.5) is 5.69 Å². The Hall–Kier alpha value is -2.08. The second-order valence-electron chi connectivity index (χ2n) is 7.21. The molecule has 3 rings (SSSR count). The summed E-state index contributed by atoms with van der Waals surface area (Å²) in [5.74, 6) is -0.222. The first-order chi connectivity index (χ1) is 12.4. The molecule has 2 fully saturated rings. The fourth-order valence-electron chi connectivity index (χ4n) is 3.71. The molecule has 0 N–H and O–H groups in total. The first kappa shape index (κ1) is 18.7. The molecule has 6 nitrogen and oxygen atoms in total. The van der Waals surface area contributed by atoms with E-state index >= 15 is 0 Å². The van der Waals surface area contributed by atoms with Crippen LogP contribution < -0.4 is 4.90 Å². The van der Waals surface area contributed by atoms with Gasteiger partial charge in [-0.2, -0.15) is 0 Å². The Morgan fingerprint density at radius 3 is 2.27 bits per heavy atom. The molecule has 0 bridgehead atoms. The van der Waals surface area contributed by atoms with Crippen LogP contribution in [0.1, 0.15) is 19.3 Å². The number of hydrogen-bond donors (Lipinski definition) is 0. The predicted molar refractivity (Wildman–Crippen MR) is 99.9 cm³/mol. The molecule has 0 spiro atoms. The third-order valence-corrected chi connectivity index (χ3v) is 5.46. The van der Waals surface area contributed by atoms with Crippen LogP contribution in [0.25, 0.3) is 0 Å². The number of amides is 3. The molecule has 1 aromatic rings. The molecule has 140 valence electrons. The van der Waals surface area contributed by atoms with Crippen LogP contribution in [0.5, 0.6) is 0 Å². The first-order valence-electron chi connectivity index (χ1n) is 8.92. The normalized spacial score (nSPS) is 21.2. The van der Waals surface area contributed by atoms with Gasteiger partial charge in [0, 0.05) is 56.8 Å². The SMILES string of the molecule is CN(C)C(=O)C1CCN(C(=O)[C@H]2CC(=O)N(c3ccc(Cl)cc3)C2)CC1. The number of nitrogens with zero attached hydrogens (tertiary/aromatic N) is 3. The summed E-state index contributed by atoms with van der Waals surface area (Å²) in [7, 11) is 3.52. The Morgan fingerprint density at radius 2 is 1.69 bits per heavy atom. The number of carbonyl (C=O) groups excluding carboxylic acids is 3. The Balaban J connectivity index is 1.59. The smallest absolute Gasteiger partial charge is 0.228 e. The molecular weight excluding hydrogens is 354 g/mol. The summed E-state index contributed by atoms with van der Waals surface area (Å²) < 4.78 is 0. The van der Waals surface area contributed by atoms with E-state index in [1.165, 1.54) is 0 Å².